The molecule has 1 aromatic carbocycles. The van der Waals surface area contributed by atoms with Crippen molar-refractivity contribution in [2.75, 3.05) is 13.2 Å². The molecule has 1 aromatic rings. The van der Waals surface area contributed by atoms with E-state index in [1.807, 2.05) is 6.07 Å². The number of benzene rings is 1. The molecular weight excluding hydrogens is 252 g/mol. The number of nitrogens with zero attached hydrogens (tertiary/aromatic N) is 1. The van der Waals surface area contributed by atoms with Crippen molar-refractivity contribution in [1.82, 2.24) is 5.32 Å². The van der Waals surface area contributed by atoms with Gasteiger partial charge in [0, 0.05) is 6.54 Å². The molecule has 0 radical (unpaired) electrons. The molecule has 1 amide bonds. The van der Waals surface area contributed by atoms with Crippen LogP contribution in [-0.4, -0.2) is 19.1 Å². The van der Waals surface area contributed by atoms with Crippen LogP contribution in [0.15, 0.2) is 24.3 Å². The third-order valence-electron chi connectivity index (χ3n) is 3.76. The summed E-state index contributed by atoms with van der Waals surface area (Å²) in [7, 11) is 0. The Bertz CT molecular complexity index is 507. The Morgan fingerprint density at radius 2 is 2.25 bits per heavy atom. The molecule has 1 aliphatic rings. The predicted molar refractivity (Wildman–Crippen MR) is 76.2 cm³/mol. The minimum atomic E-state index is -0.128. The van der Waals surface area contributed by atoms with Crippen molar-refractivity contribution in [2.24, 2.45) is 11.8 Å². The number of carbonyl (C=O) groups excluding carboxylic acids is 1. The van der Waals surface area contributed by atoms with Gasteiger partial charge in [-0.15, -0.1) is 0 Å². The molecule has 106 valence electrons. The molecule has 4 nitrogen and oxygen atoms in total. The zero-order valence-electron chi connectivity index (χ0n) is 11.8. The van der Waals surface area contributed by atoms with Crippen molar-refractivity contribution in [3.8, 4) is 11.8 Å². The summed E-state index contributed by atoms with van der Waals surface area (Å²) in [5.41, 5.74) is 0.449. The van der Waals surface area contributed by atoms with Gasteiger partial charge in [-0.25, -0.2) is 0 Å². The standard InChI is InChI=1S/C16H20N2O2/c1-12-6-7-13(8-12)10-18-16(19)11-20-15-5-3-2-4-14(15)9-17/h2-5,12-13H,6-8,10-11H2,1H3,(H,18,19). The molecule has 0 aromatic heterocycles. The van der Waals surface area contributed by atoms with E-state index in [0.717, 1.165) is 12.5 Å². The Kier molecular flexibility index (Phi) is 5.00. The SMILES string of the molecule is CC1CCC(CNC(=O)COc2ccccc2C#N)C1. The van der Waals surface area contributed by atoms with Gasteiger partial charge >= 0.3 is 0 Å². The van der Waals surface area contributed by atoms with Gasteiger partial charge in [0.15, 0.2) is 6.61 Å². The highest BCUT2D eigenvalue weighted by Crippen LogP contribution is 2.29. The fourth-order valence-electron chi connectivity index (χ4n) is 2.65. The van der Waals surface area contributed by atoms with Crippen molar-refractivity contribution in [3.05, 3.63) is 29.8 Å². The average Bonchev–Trinajstić information content (AvgIpc) is 2.89. The van der Waals surface area contributed by atoms with Gasteiger partial charge in [-0.3, -0.25) is 4.79 Å². The Morgan fingerprint density at radius 1 is 1.45 bits per heavy atom. The molecular formula is C16H20N2O2. The smallest absolute Gasteiger partial charge is 0.257 e. The molecule has 1 aliphatic carbocycles. The second kappa shape index (κ2) is 6.95. The van der Waals surface area contributed by atoms with Gasteiger partial charge in [-0.05, 0) is 36.8 Å². The molecule has 0 bridgehead atoms. The van der Waals surface area contributed by atoms with Crippen molar-refractivity contribution in [3.63, 3.8) is 0 Å². The molecule has 20 heavy (non-hydrogen) atoms. The minimum Gasteiger partial charge on any atom is -0.482 e. The molecule has 0 spiro atoms. The first-order valence-corrected chi connectivity index (χ1v) is 7.07. The fourth-order valence-corrected chi connectivity index (χ4v) is 2.65. The zero-order valence-corrected chi connectivity index (χ0v) is 11.8. The summed E-state index contributed by atoms with van der Waals surface area (Å²) >= 11 is 0. The number of nitrogens with one attached hydrogen (secondary N) is 1. The van der Waals surface area contributed by atoms with E-state index >= 15 is 0 Å². The Morgan fingerprint density at radius 3 is 2.95 bits per heavy atom. The fraction of sp³-hybridized carbons (Fsp3) is 0.500. The molecule has 2 atom stereocenters. The van der Waals surface area contributed by atoms with E-state index in [2.05, 4.69) is 12.2 Å². The number of rotatable bonds is 5. The summed E-state index contributed by atoms with van der Waals surface area (Å²) < 4.78 is 5.39. The van der Waals surface area contributed by atoms with E-state index in [1.54, 1.807) is 24.3 Å². The lowest BCUT2D eigenvalue weighted by Crippen LogP contribution is -2.32. The van der Waals surface area contributed by atoms with Crippen LogP contribution >= 0.6 is 0 Å². The number of amides is 1. The van der Waals surface area contributed by atoms with Crippen LogP contribution in [0.5, 0.6) is 5.75 Å². The minimum absolute atomic E-state index is 0.0407. The monoisotopic (exact) mass is 272 g/mol. The third-order valence-corrected chi connectivity index (χ3v) is 3.76. The predicted octanol–water partition coefficient (Wildman–Crippen LogP) is 2.49. The number of ether oxygens (including phenoxy) is 1. The highest BCUT2D eigenvalue weighted by atomic mass is 16.5. The van der Waals surface area contributed by atoms with Crippen LogP contribution in [0.4, 0.5) is 0 Å². The number of hydrogen-bond acceptors (Lipinski definition) is 3. The quantitative estimate of drug-likeness (QED) is 0.895. The van der Waals surface area contributed by atoms with Gasteiger partial charge < -0.3 is 10.1 Å². The number of carbonyl (C=O) groups is 1. The molecule has 4 heteroatoms. The number of hydrogen-bond donors (Lipinski definition) is 1. The second-order valence-electron chi connectivity index (χ2n) is 5.48. The molecule has 0 aliphatic heterocycles. The molecule has 0 heterocycles. The molecule has 2 rings (SSSR count). The summed E-state index contributed by atoms with van der Waals surface area (Å²) in [6, 6.07) is 8.97. The maximum Gasteiger partial charge on any atom is 0.257 e. The normalized spacial score (nSPS) is 21.2. The van der Waals surface area contributed by atoms with Gasteiger partial charge in [0.25, 0.3) is 5.91 Å². The summed E-state index contributed by atoms with van der Waals surface area (Å²) in [5, 5.41) is 11.8. The van der Waals surface area contributed by atoms with E-state index < -0.39 is 0 Å². The van der Waals surface area contributed by atoms with E-state index in [0.29, 0.717) is 17.2 Å². The summed E-state index contributed by atoms with van der Waals surface area (Å²) in [6.07, 6.45) is 3.64. The van der Waals surface area contributed by atoms with Crippen LogP contribution in [0, 0.1) is 23.2 Å². The summed E-state index contributed by atoms with van der Waals surface area (Å²) in [6.45, 7) is 2.94. The summed E-state index contributed by atoms with van der Waals surface area (Å²) in [4.78, 5) is 11.7. The first-order chi connectivity index (χ1) is 9.69. The van der Waals surface area contributed by atoms with Crippen LogP contribution in [0.3, 0.4) is 0 Å². The van der Waals surface area contributed by atoms with Gasteiger partial charge in [-0.2, -0.15) is 5.26 Å². The van der Waals surface area contributed by atoms with Crippen LogP contribution < -0.4 is 10.1 Å². The van der Waals surface area contributed by atoms with E-state index in [1.165, 1.54) is 19.3 Å². The lowest BCUT2D eigenvalue weighted by molar-refractivity contribution is -0.123. The summed E-state index contributed by atoms with van der Waals surface area (Å²) in [5.74, 6) is 1.70. The van der Waals surface area contributed by atoms with E-state index in [9.17, 15) is 4.79 Å². The first-order valence-electron chi connectivity index (χ1n) is 7.07. The Labute approximate surface area is 119 Å². The van der Waals surface area contributed by atoms with Gasteiger partial charge in [0.1, 0.15) is 11.8 Å². The van der Waals surface area contributed by atoms with Crippen molar-refractivity contribution < 1.29 is 9.53 Å². The van der Waals surface area contributed by atoms with Crippen LogP contribution in [0.1, 0.15) is 31.7 Å². The highest BCUT2D eigenvalue weighted by Gasteiger charge is 2.21. The highest BCUT2D eigenvalue weighted by molar-refractivity contribution is 5.77. The van der Waals surface area contributed by atoms with Gasteiger partial charge in [-0.1, -0.05) is 25.5 Å². The largest absolute Gasteiger partial charge is 0.482 e. The number of nitriles is 1. The molecule has 1 fully saturated rings. The molecule has 2 unspecified atom stereocenters. The Balaban J connectivity index is 1.74. The van der Waals surface area contributed by atoms with Gasteiger partial charge in [0.05, 0.1) is 5.56 Å². The zero-order chi connectivity index (χ0) is 14.4. The van der Waals surface area contributed by atoms with Crippen molar-refractivity contribution >= 4 is 5.91 Å². The van der Waals surface area contributed by atoms with Crippen LogP contribution in [0.2, 0.25) is 0 Å². The molecule has 1 saturated carbocycles. The molecule has 0 saturated heterocycles. The lowest BCUT2D eigenvalue weighted by atomic mass is 10.1. The topological polar surface area (TPSA) is 62.1 Å². The van der Waals surface area contributed by atoms with Crippen molar-refractivity contribution in [2.45, 2.75) is 26.2 Å². The van der Waals surface area contributed by atoms with Crippen LogP contribution in [0.25, 0.3) is 0 Å². The maximum absolute atomic E-state index is 11.7. The van der Waals surface area contributed by atoms with Crippen molar-refractivity contribution in [1.29, 1.82) is 5.26 Å². The van der Waals surface area contributed by atoms with E-state index in [-0.39, 0.29) is 12.5 Å². The third kappa shape index (κ3) is 3.99. The first kappa shape index (κ1) is 14.4. The maximum atomic E-state index is 11.7. The van der Waals surface area contributed by atoms with Crippen LogP contribution in [-0.2, 0) is 4.79 Å². The van der Waals surface area contributed by atoms with E-state index in [4.69, 9.17) is 10.00 Å². The van der Waals surface area contributed by atoms with Gasteiger partial charge in [0.2, 0.25) is 0 Å². The number of para-hydroxylation sites is 1. The molecule has 1 N–H and O–H groups in total. The second-order valence-corrected chi connectivity index (χ2v) is 5.48. The Hall–Kier alpha value is -2.02. The average molecular weight is 272 g/mol. The lowest BCUT2D eigenvalue weighted by Gasteiger charge is -2.12.